The third-order valence-electron chi connectivity index (χ3n) is 3.31. The molecule has 0 bridgehead atoms. The molecule has 0 saturated carbocycles. The molecular formula is C11H20N2O2. The molecular weight excluding hydrogens is 192 g/mol. The van der Waals surface area contributed by atoms with E-state index in [4.69, 9.17) is 4.74 Å². The van der Waals surface area contributed by atoms with E-state index in [2.05, 4.69) is 18.7 Å². The molecule has 0 aliphatic carbocycles. The number of amides is 1. The highest BCUT2D eigenvalue weighted by Gasteiger charge is 2.36. The van der Waals surface area contributed by atoms with Gasteiger partial charge < -0.3 is 9.64 Å². The molecule has 2 aliphatic rings. The van der Waals surface area contributed by atoms with E-state index in [0.29, 0.717) is 25.2 Å². The summed E-state index contributed by atoms with van der Waals surface area (Å²) >= 11 is 0. The Morgan fingerprint density at radius 2 is 1.87 bits per heavy atom. The molecule has 15 heavy (non-hydrogen) atoms. The molecule has 4 nitrogen and oxygen atoms in total. The van der Waals surface area contributed by atoms with Gasteiger partial charge in [0.2, 0.25) is 5.91 Å². The minimum atomic E-state index is 0.241. The zero-order valence-corrected chi connectivity index (χ0v) is 9.61. The van der Waals surface area contributed by atoms with Gasteiger partial charge in [-0.25, -0.2) is 0 Å². The summed E-state index contributed by atoms with van der Waals surface area (Å²) in [4.78, 5) is 16.3. The van der Waals surface area contributed by atoms with Gasteiger partial charge in [0.1, 0.15) is 0 Å². The van der Waals surface area contributed by atoms with Crippen molar-refractivity contribution >= 4 is 5.91 Å². The Morgan fingerprint density at radius 1 is 1.27 bits per heavy atom. The average Bonchev–Trinajstić information content (AvgIpc) is 2.16. The zero-order chi connectivity index (χ0) is 10.8. The molecule has 0 unspecified atom stereocenters. The number of ether oxygens (including phenoxy) is 1. The molecule has 2 rings (SSSR count). The molecule has 1 amide bonds. The summed E-state index contributed by atoms with van der Waals surface area (Å²) in [6, 6.07) is 0.568. The predicted molar refractivity (Wildman–Crippen MR) is 57.6 cm³/mol. The molecule has 0 aromatic heterocycles. The van der Waals surface area contributed by atoms with Crippen molar-refractivity contribution in [2.45, 2.75) is 19.9 Å². The maximum atomic E-state index is 12.0. The summed E-state index contributed by atoms with van der Waals surface area (Å²) in [7, 11) is 0. The first-order valence-corrected chi connectivity index (χ1v) is 5.79. The van der Waals surface area contributed by atoms with Crippen molar-refractivity contribution < 1.29 is 9.53 Å². The summed E-state index contributed by atoms with van der Waals surface area (Å²) < 4.78 is 5.24. The fourth-order valence-corrected chi connectivity index (χ4v) is 2.13. The first kappa shape index (κ1) is 10.9. The maximum Gasteiger partial charge on any atom is 0.228 e. The van der Waals surface area contributed by atoms with Crippen molar-refractivity contribution in [3.05, 3.63) is 0 Å². The Labute approximate surface area is 91.2 Å². The van der Waals surface area contributed by atoms with Gasteiger partial charge in [-0.3, -0.25) is 9.69 Å². The average molecular weight is 212 g/mol. The number of carbonyl (C=O) groups excluding carboxylic acids is 1. The number of likely N-dealkylation sites (tertiary alicyclic amines) is 1. The Bertz CT molecular complexity index is 231. The molecule has 0 aromatic rings. The van der Waals surface area contributed by atoms with Crippen LogP contribution >= 0.6 is 0 Å². The van der Waals surface area contributed by atoms with E-state index >= 15 is 0 Å². The van der Waals surface area contributed by atoms with Gasteiger partial charge in [0.15, 0.2) is 0 Å². The van der Waals surface area contributed by atoms with Crippen LogP contribution in [0.1, 0.15) is 13.8 Å². The minimum absolute atomic E-state index is 0.241. The normalized spacial score (nSPS) is 24.3. The van der Waals surface area contributed by atoms with Crippen molar-refractivity contribution in [2.24, 2.45) is 5.92 Å². The van der Waals surface area contributed by atoms with E-state index in [-0.39, 0.29) is 5.92 Å². The molecule has 0 radical (unpaired) electrons. The van der Waals surface area contributed by atoms with Crippen LogP contribution in [0.4, 0.5) is 0 Å². The lowest BCUT2D eigenvalue weighted by molar-refractivity contribution is -0.145. The highest BCUT2D eigenvalue weighted by atomic mass is 16.5. The smallest absolute Gasteiger partial charge is 0.228 e. The van der Waals surface area contributed by atoms with Gasteiger partial charge in [-0.15, -0.1) is 0 Å². The molecule has 0 atom stereocenters. The molecule has 0 spiro atoms. The van der Waals surface area contributed by atoms with Crippen LogP contribution in [-0.2, 0) is 9.53 Å². The van der Waals surface area contributed by atoms with Gasteiger partial charge in [0, 0.05) is 32.2 Å². The fraction of sp³-hybridized carbons (Fsp3) is 0.909. The molecule has 2 heterocycles. The number of carbonyl (C=O) groups is 1. The SMILES string of the molecule is CC(C)N1CC(C(=O)N2CCOCC2)C1. The van der Waals surface area contributed by atoms with Crippen LogP contribution in [0.15, 0.2) is 0 Å². The van der Waals surface area contributed by atoms with Gasteiger partial charge in [-0.05, 0) is 13.8 Å². The van der Waals surface area contributed by atoms with Crippen molar-refractivity contribution in [3.63, 3.8) is 0 Å². The standard InChI is InChI=1S/C11H20N2O2/c1-9(2)13-7-10(8-13)11(14)12-3-5-15-6-4-12/h9-10H,3-8H2,1-2H3. The third-order valence-corrected chi connectivity index (χ3v) is 3.31. The Balaban J connectivity index is 1.78. The van der Waals surface area contributed by atoms with Crippen LogP contribution in [0.3, 0.4) is 0 Å². The van der Waals surface area contributed by atoms with Crippen molar-refractivity contribution in [1.82, 2.24) is 9.80 Å². The van der Waals surface area contributed by atoms with Gasteiger partial charge in [-0.1, -0.05) is 0 Å². The highest BCUT2D eigenvalue weighted by Crippen LogP contribution is 2.20. The van der Waals surface area contributed by atoms with Crippen LogP contribution in [0.5, 0.6) is 0 Å². The summed E-state index contributed by atoms with van der Waals surface area (Å²) in [5.74, 6) is 0.570. The van der Waals surface area contributed by atoms with Gasteiger partial charge in [0.25, 0.3) is 0 Å². The van der Waals surface area contributed by atoms with E-state index < -0.39 is 0 Å². The lowest BCUT2D eigenvalue weighted by Crippen LogP contribution is -2.57. The van der Waals surface area contributed by atoms with E-state index in [1.165, 1.54) is 0 Å². The summed E-state index contributed by atoms with van der Waals surface area (Å²) in [5, 5.41) is 0. The highest BCUT2D eigenvalue weighted by molar-refractivity contribution is 5.80. The molecule has 0 N–H and O–H groups in total. The van der Waals surface area contributed by atoms with Crippen LogP contribution in [-0.4, -0.2) is 61.1 Å². The van der Waals surface area contributed by atoms with Gasteiger partial charge in [-0.2, -0.15) is 0 Å². The van der Waals surface area contributed by atoms with Crippen molar-refractivity contribution in [3.8, 4) is 0 Å². The minimum Gasteiger partial charge on any atom is -0.378 e. The molecule has 2 saturated heterocycles. The van der Waals surface area contributed by atoms with Crippen LogP contribution < -0.4 is 0 Å². The van der Waals surface area contributed by atoms with Crippen molar-refractivity contribution in [1.29, 1.82) is 0 Å². The van der Waals surface area contributed by atoms with Crippen LogP contribution in [0.2, 0.25) is 0 Å². The zero-order valence-electron chi connectivity index (χ0n) is 9.61. The Hall–Kier alpha value is -0.610. The van der Waals surface area contributed by atoms with Crippen molar-refractivity contribution in [2.75, 3.05) is 39.4 Å². The van der Waals surface area contributed by atoms with E-state index in [0.717, 1.165) is 26.2 Å². The molecule has 86 valence electrons. The lowest BCUT2D eigenvalue weighted by atomic mass is 9.96. The topological polar surface area (TPSA) is 32.8 Å². The molecule has 2 aliphatic heterocycles. The third kappa shape index (κ3) is 2.32. The molecule has 2 fully saturated rings. The summed E-state index contributed by atoms with van der Waals surface area (Å²) in [5.41, 5.74) is 0. The number of hydrogen-bond acceptors (Lipinski definition) is 3. The molecule has 0 aromatic carbocycles. The fourth-order valence-electron chi connectivity index (χ4n) is 2.13. The van der Waals surface area contributed by atoms with E-state index in [1.807, 2.05) is 4.90 Å². The van der Waals surface area contributed by atoms with E-state index in [9.17, 15) is 4.79 Å². The quantitative estimate of drug-likeness (QED) is 0.655. The summed E-state index contributed by atoms with van der Waals surface area (Å²) in [6.07, 6.45) is 0. The summed E-state index contributed by atoms with van der Waals surface area (Å²) in [6.45, 7) is 9.18. The molecule has 4 heteroatoms. The second-order valence-corrected chi connectivity index (χ2v) is 4.68. The lowest BCUT2D eigenvalue weighted by Gasteiger charge is -2.43. The number of morpholine rings is 1. The predicted octanol–water partition coefficient (Wildman–Crippen LogP) is 0.185. The Kier molecular flexibility index (Phi) is 3.26. The first-order valence-electron chi connectivity index (χ1n) is 5.79. The van der Waals surface area contributed by atoms with Gasteiger partial charge in [0.05, 0.1) is 19.1 Å². The van der Waals surface area contributed by atoms with E-state index in [1.54, 1.807) is 0 Å². The van der Waals surface area contributed by atoms with Crippen LogP contribution in [0.25, 0.3) is 0 Å². The largest absolute Gasteiger partial charge is 0.378 e. The monoisotopic (exact) mass is 212 g/mol. The first-order chi connectivity index (χ1) is 7.18. The second kappa shape index (κ2) is 4.49. The number of rotatable bonds is 2. The number of nitrogens with zero attached hydrogens (tertiary/aromatic N) is 2. The van der Waals surface area contributed by atoms with Crippen LogP contribution in [0, 0.1) is 5.92 Å². The van der Waals surface area contributed by atoms with Gasteiger partial charge >= 0.3 is 0 Å². The Morgan fingerprint density at radius 3 is 2.40 bits per heavy atom. The number of hydrogen-bond donors (Lipinski definition) is 0. The second-order valence-electron chi connectivity index (χ2n) is 4.68. The maximum absolute atomic E-state index is 12.0.